The zero-order chi connectivity index (χ0) is 30.2. The Morgan fingerprint density at radius 2 is 1.83 bits per heavy atom. The molecule has 0 radical (unpaired) electrons. The van der Waals surface area contributed by atoms with Crippen LogP contribution in [0.5, 0.6) is 11.5 Å². The predicted octanol–water partition coefficient (Wildman–Crippen LogP) is 4.53. The van der Waals surface area contributed by atoms with Gasteiger partial charge in [0.05, 0.1) is 37.6 Å². The van der Waals surface area contributed by atoms with Crippen molar-refractivity contribution in [3.8, 4) is 11.5 Å². The lowest BCUT2D eigenvalue weighted by atomic mass is 9.96. The van der Waals surface area contributed by atoms with E-state index < -0.39 is 12.1 Å². The molecule has 1 aliphatic carbocycles. The second kappa shape index (κ2) is 14.3. The number of urea groups is 2. The fraction of sp³-hybridized carbons (Fsp3) is 0.516. The number of hydrogen-bond donors (Lipinski definition) is 4. The number of likely N-dealkylation sites (N-methyl/N-ethyl adjacent to an activating group) is 1. The van der Waals surface area contributed by atoms with Gasteiger partial charge in [0.1, 0.15) is 11.9 Å². The van der Waals surface area contributed by atoms with Gasteiger partial charge in [-0.05, 0) is 56.2 Å². The molecule has 228 valence electrons. The first-order valence-electron chi connectivity index (χ1n) is 14.6. The predicted molar refractivity (Wildman–Crippen MR) is 161 cm³/mol. The minimum Gasteiger partial charge on any atom is -0.497 e. The largest absolute Gasteiger partial charge is 0.497 e. The van der Waals surface area contributed by atoms with Crippen molar-refractivity contribution >= 4 is 29.3 Å². The minimum atomic E-state index is -0.527. The number of rotatable bonds is 8. The monoisotopic (exact) mass is 581 g/mol. The molecule has 0 unspecified atom stereocenters. The summed E-state index contributed by atoms with van der Waals surface area (Å²) in [5, 5.41) is 18.7. The average Bonchev–Trinajstić information content (AvgIpc) is 2.99. The van der Waals surface area contributed by atoms with Gasteiger partial charge >= 0.3 is 12.1 Å². The number of aliphatic hydroxyl groups excluding tert-OH is 1. The SMILES string of the molecule is COc1ccc(NC(=O)N(C)C[C@@H]2Oc3c(NC(=O)NC4CCCCC4)cccc3C(=O)N([C@H](C)CO)C[C@@H]2C)cc1. The quantitative estimate of drug-likeness (QED) is 0.362. The molecule has 0 spiro atoms. The molecule has 0 aromatic heterocycles. The second-order valence-corrected chi connectivity index (χ2v) is 11.3. The number of nitrogens with one attached hydrogen (secondary N) is 3. The minimum absolute atomic E-state index is 0.110. The Balaban J connectivity index is 1.57. The third kappa shape index (κ3) is 7.64. The Kier molecular flexibility index (Phi) is 10.5. The van der Waals surface area contributed by atoms with Crippen LogP contribution in [-0.4, -0.2) is 84.9 Å². The molecule has 2 aromatic carbocycles. The van der Waals surface area contributed by atoms with Crippen LogP contribution in [0.1, 0.15) is 56.3 Å². The normalized spacial score (nSPS) is 19.8. The van der Waals surface area contributed by atoms with Gasteiger partial charge in [-0.3, -0.25) is 4.79 Å². The van der Waals surface area contributed by atoms with E-state index in [-0.39, 0.29) is 54.4 Å². The molecule has 5 amide bonds. The first kappa shape index (κ1) is 31.0. The number of methoxy groups -OCH3 is 1. The van der Waals surface area contributed by atoms with E-state index in [9.17, 15) is 19.5 Å². The molecule has 1 saturated carbocycles. The molecule has 1 fully saturated rings. The van der Waals surface area contributed by atoms with Crippen LogP contribution in [-0.2, 0) is 0 Å². The topological polar surface area (TPSA) is 132 Å². The summed E-state index contributed by atoms with van der Waals surface area (Å²) in [6, 6.07) is 11.1. The lowest BCUT2D eigenvalue weighted by Crippen LogP contribution is -2.50. The van der Waals surface area contributed by atoms with Gasteiger partial charge < -0.3 is 40.3 Å². The van der Waals surface area contributed by atoms with Gasteiger partial charge in [-0.2, -0.15) is 0 Å². The number of fused-ring (bicyclic) bond motifs is 1. The van der Waals surface area contributed by atoms with E-state index in [0.717, 1.165) is 25.7 Å². The first-order chi connectivity index (χ1) is 20.2. The number of para-hydroxylation sites is 1. The maximum absolute atomic E-state index is 13.7. The van der Waals surface area contributed by atoms with Crippen molar-refractivity contribution in [1.29, 1.82) is 0 Å². The summed E-state index contributed by atoms with van der Waals surface area (Å²) in [6.07, 6.45) is 4.70. The van der Waals surface area contributed by atoms with E-state index >= 15 is 0 Å². The van der Waals surface area contributed by atoms with Crippen LogP contribution in [0.3, 0.4) is 0 Å². The van der Waals surface area contributed by atoms with Gasteiger partial charge in [0.2, 0.25) is 0 Å². The average molecular weight is 582 g/mol. The summed E-state index contributed by atoms with van der Waals surface area (Å²) in [5.41, 5.74) is 1.27. The number of aliphatic hydroxyl groups is 1. The lowest BCUT2D eigenvalue weighted by Gasteiger charge is -2.38. The number of carbonyl (C=O) groups excluding carboxylic acids is 3. The van der Waals surface area contributed by atoms with Crippen molar-refractivity contribution in [2.45, 2.75) is 64.1 Å². The highest BCUT2D eigenvalue weighted by molar-refractivity contribution is 6.01. The number of ether oxygens (including phenoxy) is 2. The molecule has 4 rings (SSSR count). The fourth-order valence-corrected chi connectivity index (χ4v) is 5.40. The molecule has 1 heterocycles. The van der Waals surface area contributed by atoms with E-state index in [4.69, 9.17) is 9.47 Å². The van der Waals surface area contributed by atoms with E-state index in [2.05, 4.69) is 16.0 Å². The molecule has 42 heavy (non-hydrogen) atoms. The third-order valence-corrected chi connectivity index (χ3v) is 8.02. The zero-order valence-electron chi connectivity index (χ0n) is 24.9. The molecule has 2 aliphatic rings. The van der Waals surface area contributed by atoms with E-state index in [1.165, 1.54) is 11.3 Å². The summed E-state index contributed by atoms with van der Waals surface area (Å²) in [4.78, 5) is 42.9. The van der Waals surface area contributed by atoms with Gasteiger partial charge in [-0.25, -0.2) is 9.59 Å². The van der Waals surface area contributed by atoms with Crippen LogP contribution < -0.4 is 25.4 Å². The highest BCUT2D eigenvalue weighted by Crippen LogP contribution is 2.35. The van der Waals surface area contributed by atoms with Gasteiger partial charge in [0.15, 0.2) is 5.75 Å². The second-order valence-electron chi connectivity index (χ2n) is 11.3. The summed E-state index contributed by atoms with van der Waals surface area (Å²) >= 11 is 0. The van der Waals surface area contributed by atoms with E-state index in [1.807, 2.05) is 6.92 Å². The van der Waals surface area contributed by atoms with Crippen molar-refractivity contribution in [2.24, 2.45) is 5.92 Å². The van der Waals surface area contributed by atoms with Crippen LogP contribution >= 0.6 is 0 Å². The maximum Gasteiger partial charge on any atom is 0.321 e. The van der Waals surface area contributed by atoms with Crippen molar-refractivity contribution < 1.29 is 29.0 Å². The molecular formula is C31H43N5O6. The Morgan fingerprint density at radius 1 is 1.12 bits per heavy atom. The van der Waals surface area contributed by atoms with Gasteiger partial charge in [-0.1, -0.05) is 32.3 Å². The Bertz CT molecular complexity index is 1230. The molecule has 0 bridgehead atoms. The smallest absolute Gasteiger partial charge is 0.321 e. The Labute approximate surface area is 247 Å². The molecule has 0 saturated heterocycles. The van der Waals surface area contributed by atoms with Gasteiger partial charge in [0.25, 0.3) is 5.91 Å². The van der Waals surface area contributed by atoms with E-state index in [1.54, 1.807) is 68.4 Å². The zero-order valence-corrected chi connectivity index (χ0v) is 24.9. The molecule has 4 N–H and O–H groups in total. The highest BCUT2D eigenvalue weighted by atomic mass is 16.5. The van der Waals surface area contributed by atoms with Crippen molar-refractivity contribution in [1.82, 2.24) is 15.1 Å². The molecule has 11 nitrogen and oxygen atoms in total. The third-order valence-electron chi connectivity index (χ3n) is 8.02. The molecule has 1 aliphatic heterocycles. The number of anilines is 2. The number of benzene rings is 2. The lowest BCUT2D eigenvalue weighted by molar-refractivity contribution is 0.0373. The first-order valence-corrected chi connectivity index (χ1v) is 14.6. The van der Waals surface area contributed by atoms with Crippen molar-refractivity contribution in [3.63, 3.8) is 0 Å². The number of carbonyl (C=O) groups is 3. The number of amides is 5. The highest BCUT2D eigenvalue weighted by Gasteiger charge is 2.35. The van der Waals surface area contributed by atoms with Crippen LogP contribution in [0.2, 0.25) is 0 Å². The fourth-order valence-electron chi connectivity index (χ4n) is 5.40. The summed E-state index contributed by atoms with van der Waals surface area (Å²) < 4.78 is 11.7. The maximum atomic E-state index is 13.7. The van der Waals surface area contributed by atoms with Crippen molar-refractivity contribution in [2.75, 3.05) is 44.5 Å². The van der Waals surface area contributed by atoms with Crippen LogP contribution in [0, 0.1) is 5.92 Å². The van der Waals surface area contributed by atoms with Crippen molar-refractivity contribution in [3.05, 3.63) is 48.0 Å². The van der Waals surface area contributed by atoms with Gasteiger partial charge in [0, 0.05) is 31.2 Å². The summed E-state index contributed by atoms with van der Waals surface area (Å²) in [6.45, 7) is 4.06. The Morgan fingerprint density at radius 3 is 2.50 bits per heavy atom. The summed E-state index contributed by atoms with van der Waals surface area (Å²) in [7, 11) is 3.26. The molecule has 11 heteroatoms. The van der Waals surface area contributed by atoms with E-state index in [0.29, 0.717) is 23.7 Å². The molecule has 3 atom stereocenters. The summed E-state index contributed by atoms with van der Waals surface area (Å²) in [5.74, 6) is 0.428. The van der Waals surface area contributed by atoms with Crippen LogP contribution in [0.4, 0.5) is 21.0 Å². The van der Waals surface area contributed by atoms with Crippen LogP contribution in [0.25, 0.3) is 0 Å². The number of nitrogens with zero attached hydrogens (tertiary/aromatic N) is 2. The number of hydrogen-bond acceptors (Lipinski definition) is 6. The Hall–Kier alpha value is -3.99. The standard InChI is InChI=1S/C31H43N5O6/c1-20-17-36(21(2)19-37)29(38)25-11-8-12-26(34-30(39)32-22-9-6-5-7-10-22)28(25)42-27(20)18-35(3)31(40)33-23-13-15-24(41-4)16-14-23/h8,11-16,20-22,27,37H,5-7,9-10,17-19H2,1-4H3,(H,33,40)(H2,32,34,39)/t20-,21+,27-/m0/s1. The molecule has 2 aromatic rings. The molecular weight excluding hydrogens is 538 g/mol. The van der Waals surface area contributed by atoms with Crippen LogP contribution in [0.15, 0.2) is 42.5 Å². The van der Waals surface area contributed by atoms with Gasteiger partial charge in [-0.15, -0.1) is 0 Å².